The largest absolute Gasteiger partial charge is 0.339 e. The first-order chi connectivity index (χ1) is 11.6. The number of carbonyl (C=O) groups excluding carboxylic acids is 2. The van der Waals surface area contributed by atoms with E-state index in [-0.39, 0.29) is 24.2 Å². The molecule has 1 aliphatic heterocycles. The van der Waals surface area contributed by atoms with Crippen LogP contribution >= 0.6 is 24.2 Å². The molecule has 0 unspecified atom stereocenters. The quantitative estimate of drug-likeness (QED) is 0.724. The Bertz CT molecular complexity index is 411. The van der Waals surface area contributed by atoms with Crippen LogP contribution in [0.1, 0.15) is 51.4 Å². The summed E-state index contributed by atoms with van der Waals surface area (Å²) >= 11 is 1.71. The summed E-state index contributed by atoms with van der Waals surface area (Å²) in [5, 5.41) is 0. The Hall–Kier alpha value is -0.460. The first-order valence-electron chi connectivity index (χ1n) is 9.43. The molecule has 146 valence electrons. The molecule has 0 aromatic heterocycles. The van der Waals surface area contributed by atoms with Crippen LogP contribution in [0.15, 0.2) is 0 Å². The predicted octanol–water partition coefficient (Wildman–Crippen LogP) is 2.52. The van der Waals surface area contributed by atoms with E-state index in [1.165, 1.54) is 32.1 Å². The molecule has 1 heterocycles. The summed E-state index contributed by atoms with van der Waals surface area (Å²) in [6.45, 7) is 2.57. The summed E-state index contributed by atoms with van der Waals surface area (Å²) in [5.74, 6) is 1.96. The third-order valence-electron chi connectivity index (χ3n) is 5.39. The van der Waals surface area contributed by atoms with E-state index in [1.807, 2.05) is 16.1 Å². The maximum absolute atomic E-state index is 12.4. The van der Waals surface area contributed by atoms with Gasteiger partial charge in [-0.05, 0) is 30.8 Å². The summed E-state index contributed by atoms with van der Waals surface area (Å²) in [6.07, 6.45) is 11.1. The molecule has 2 N–H and O–H groups in total. The van der Waals surface area contributed by atoms with E-state index >= 15 is 0 Å². The zero-order valence-corrected chi connectivity index (χ0v) is 17.1. The molecule has 25 heavy (non-hydrogen) atoms. The molecule has 0 aromatic carbocycles. The Morgan fingerprint density at radius 1 is 1.08 bits per heavy atom. The van der Waals surface area contributed by atoms with Gasteiger partial charge in [0.2, 0.25) is 11.8 Å². The second-order valence-electron chi connectivity index (χ2n) is 7.14. The van der Waals surface area contributed by atoms with Crippen molar-refractivity contribution in [3.8, 4) is 0 Å². The summed E-state index contributed by atoms with van der Waals surface area (Å²) in [6, 6.07) is -0.397. The third kappa shape index (κ3) is 7.35. The normalized spacial score (nSPS) is 20.1. The number of nitrogens with two attached hydrogens (primary N) is 1. The van der Waals surface area contributed by atoms with E-state index in [2.05, 4.69) is 0 Å². The van der Waals surface area contributed by atoms with E-state index in [9.17, 15) is 9.59 Å². The molecule has 2 fully saturated rings. The maximum atomic E-state index is 12.4. The minimum Gasteiger partial charge on any atom is -0.339 e. The zero-order valence-electron chi connectivity index (χ0n) is 15.5. The Balaban J connectivity index is 0.00000312. The van der Waals surface area contributed by atoms with Crippen molar-refractivity contribution in [1.82, 2.24) is 9.80 Å². The van der Waals surface area contributed by atoms with Gasteiger partial charge in [-0.15, -0.1) is 12.4 Å². The molecule has 2 amide bonds. The van der Waals surface area contributed by atoms with Crippen molar-refractivity contribution >= 4 is 36.0 Å². The maximum Gasteiger partial charge on any atom is 0.239 e. The smallest absolute Gasteiger partial charge is 0.239 e. The highest BCUT2D eigenvalue weighted by Gasteiger charge is 2.27. The van der Waals surface area contributed by atoms with Gasteiger partial charge in [-0.1, -0.05) is 32.1 Å². The highest BCUT2D eigenvalue weighted by molar-refractivity contribution is 7.98. The molecule has 1 saturated carbocycles. The summed E-state index contributed by atoms with van der Waals surface area (Å²) in [7, 11) is 0. The van der Waals surface area contributed by atoms with E-state index in [4.69, 9.17) is 5.73 Å². The number of rotatable bonds is 7. The van der Waals surface area contributed by atoms with Crippen molar-refractivity contribution < 1.29 is 9.59 Å². The van der Waals surface area contributed by atoms with Crippen molar-refractivity contribution in [3.63, 3.8) is 0 Å². The van der Waals surface area contributed by atoms with Gasteiger partial charge in [0.1, 0.15) is 0 Å². The molecule has 2 rings (SSSR count). The van der Waals surface area contributed by atoms with Gasteiger partial charge in [-0.2, -0.15) is 11.8 Å². The third-order valence-corrected chi connectivity index (χ3v) is 6.03. The van der Waals surface area contributed by atoms with Crippen LogP contribution < -0.4 is 5.73 Å². The van der Waals surface area contributed by atoms with Crippen LogP contribution in [0.4, 0.5) is 0 Å². The van der Waals surface area contributed by atoms with Crippen molar-refractivity contribution in [1.29, 1.82) is 0 Å². The molecule has 5 nitrogen and oxygen atoms in total. The van der Waals surface area contributed by atoms with Gasteiger partial charge in [0.05, 0.1) is 6.04 Å². The molecule has 1 saturated heterocycles. The lowest BCUT2D eigenvalue weighted by Gasteiger charge is -2.36. The Labute approximate surface area is 162 Å². The van der Waals surface area contributed by atoms with Gasteiger partial charge >= 0.3 is 0 Å². The Morgan fingerprint density at radius 3 is 2.28 bits per heavy atom. The second-order valence-corrected chi connectivity index (χ2v) is 8.12. The van der Waals surface area contributed by atoms with Crippen LogP contribution in [0.25, 0.3) is 0 Å². The molecular weight excluding hydrogens is 358 g/mol. The molecule has 1 aliphatic carbocycles. The fourth-order valence-corrected chi connectivity index (χ4v) is 4.23. The number of nitrogens with zero attached hydrogens (tertiary/aromatic N) is 2. The van der Waals surface area contributed by atoms with Crippen molar-refractivity contribution in [2.24, 2.45) is 11.7 Å². The lowest BCUT2D eigenvalue weighted by molar-refractivity contribution is -0.140. The van der Waals surface area contributed by atoms with Crippen LogP contribution in [0.2, 0.25) is 0 Å². The average Bonchev–Trinajstić information content (AvgIpc) is 2.64. The number of hydrogen-bond donors (Lipinski definition) is 1. The molecule has 0 spiro atoms. The lowest BCUT2D eigenvalue weighted by atomic mass is 9.86. The number of piperazine rings is 1. The topological polar surface area (TPSA) is 66.6 Å². The number of carbonyl (C=O) groups is 2. The fraction of sp³-hybridized carbons (Fsp3) is 0.889. The molecule has 0 bridgehead atoms. The lowest BCUT2D eigenvalue weighted by Crippen LogP contribution is -2.54. The molecule has 0 aromatic rings. The number of thioether (sulfide) groups is 1. The van der Waals surface area contributed by atoms with Crippen LogP contribution in [0.5, 0.6) is 0 Å². The molecule has 1 atom stereocenters. The van der Waals surface area contributed by atoms with Crippen LogP contribution in [-0.2, 0) is 9.59 Å². The minimum absolute atomic E-state index is 0. The highest BCUT2D eigenvalue weighted by Crippen LogP contribution is 2.27. The molecular formula is C18H34ClN3O2S. The van der Waals surface area contributed by atoms with Crippen LogP contribution in [0, 0.1) is 5.92 Å². The molecule has 0 radical (unpaired) electrons. The van der Waals surface area contributed by atoms with Crippen molar-refractivity contribution in [2.75, 3.05) is 38.2 Å². The van der Waals surface area contributed by atoms with Crippen molar-refractivity contribution in [2.45, 2.75) is 57.4 Å². The average molecular weight is 392 g/mol. The van der Waals surface area contributed by atoms with Crippen molar-refractivity contribution in [3.05, 3.63) is 0 Å². The summed E-state index contributed by atoms with van der Waals surface area (Å²) in [5.41, 5.74) is 5.97. The standard InChI is InChI=1S/C18H33N3O2S.ClH/c1-24-14-9-16(19)18(23)21-12-10-20(11-13-21)17(22)8-7-15-5-3-2-4-6-15;/h15-16H,2-14,19H2,1H3;1H/t16-;/m0./s1. The number of halogens is 1. The summed E-state index contributed by atoms with van der Waals surface area (Å²) < 4.78 is 0. The first-order valence-corrected chi connectivity index (χ1v) is 10.8. The SMILES string of the molecule is CSCC[C@H](N)C(=O)N1CCN(C(=O)CCC2CCCCC2)CC1.Cl. The monoisotopic (exact) mass is 391 g/mol. The Morgan fingerprint density at radius 2 is 1.68 bits per heavy atom. The first kappa shape index (κ1) is 22.6. The van der Waals surface area contributed by atoms with Crippen LogP contribution in [0.3, 0.4) is 0 Å². The van der Waals surface area contributed by atoms with Gasteiger partial charge in [-0.25, -0.2) is 0 Å². The highest BCUT2D eigenvalue weighted by atomic mass is 35.5. The fourth-order valence-electron chi connectivity index (χ4n) is 3.74. The molecule has 7 heteroatoms. The van der Waals surface area contributed by atoms with Gasteiger partial charge in [0.25, 0.3) is 0 Å². The number of hydrogen-bond acceptors (Lipinski definition) is 4. The van der Waals surface area contributed by atoms with E-state index in [0.717, 1.165) is 24.5 Å². The van der Waals surface area contributed by atoms with Gasteiger partial charge in [0, 0.05) is 32.6 Å². The minimum atomic E-state index is -0.397. The predicted molar refractivity (Wildman–Crippen MR) is 107 cm³/mol. The molecule has 2 aliphatic rings. The van der Waals surface area contributed by atoms with Gasteiger partial charge in [-0.3, -0.25) is 9.59 Å². The number of amides is 2. The summed E-state index contributed by atoms with van der Waals surface area (Å²) in [4.78, 5) is 28.4. The van der Waals surface area contributed by atoms with E-state index in [1.54, 1.807) is 11.8 Å². The zero-order chi connectivity index (χ0) is 17.4. The van der Waals surface area contributed by atoms with Crippen LogP contribution in [-0.4, -0.2) is 65.8 Å². The van der Waals surface area contributed by atoms with Gasteiger partial charge in [0.15, 0.2) is 0 Å². The van der Waals surface area contributed by atoms with E-state index in [0.29, 0.717) is 32.6 Å². The van der Waals surface area contributed by atoms with E-state index < -0.39 is 6.04 Å². The van der Waals surface area contributed by atoms with Gasteiger partial charge < -0.3 is 15.5 Å². The second kappa shape index (κ2) is 12.0. The Kier molecular flexibility index (Phi) is 10.9.